The van der Waals surface area contributed by atoms with Crippen LogP contribution in [0.2, 0.25) is 0 Å². The quantitative estimate of drug-likeness (QED) is 0.870. The number of ether oxygens (including phenoxy) is 1. The van der Waals surface area contributed by atoms with Crippen LogP contribution in [0, 0.1) is 5.92 Å². The number of aryl methyl sites for hydroxylation is 1. The lowest BCUT2D eigenvalue weighted by molar-refractivity contribution is -0.146. The fraction of sp³-hybridized carbons (Fsp3) is 0.667. The summed E-state index contributed by atoms with van der Waals surface area (Å²) in [5.74, 6) is 0.748. The summed E-state index contributed by atoms with van der Waals surface area (Å²) in [5, 5.41) is 10.9. The first-order chi connectivity index (χ1) is 9.61. The van der Waals surface area contributed by atoms with Gasteiger partial charge in [0.05, 0.1) is 5.60 Å². The molecule has 20 heavy (non-hydrogen) atoms. The molecule has 2 nitrogen and oxygen atoms in total. The van der Waals surface area contributed by atoms with Gasteiger partial charge in [0.15, 0.2) is 0 Å². The van der Waals surface area contributed by atoms with Gasteiger partial charge < -0.3 is 9.84 Å². The van der Waals surface area contributed by atoms with Gasteiger partial charge in [-0.25, -0.2) is 0 Å². The van der Waals surface area contributed by atoms with Crippen LogP contribution in [0.15, 0.2) is 24.3 Å². The van der Waals surface area contributed by atoms with Crippen molar-refractivity contribution >= 4 is 0 Å². The Morgan fingerprint density at radius 3 is 2.30 bits per heavy atom. The van der Waals surface area contributed by atoms with E-state index in [0.717, 1.165) is 43.6 Å². The number of aliphatic hydroxyl groups excluding tert-OH is 1. The molecule has 0 bridgehead atoms. The number of hydrogen-bond donors (Lipinski definition) is 1. The highest BCUT2D eigenvalue weighted by Crippen LogP contribution is 2.43. The first-order valence-electron chi connectivity index (χ1n) is 8.02. The van der Waals surface area contributed by atoms with Gasteiger partial charge in [-0.3, -0.25) is 0 Å². The minimum Gasteiger partial charge on any atom is -0.385 e. The summed E-state index contributed by atoms with van der Waals surface area (Å²) >= 11 is 0. The lowest BCUT2D eigenvalue weighted by Crippen LogP contribution is -2.42. The first-order valence-corrected chi connectivity index (χ1v) is 8.02. The maximum atomic E-state index is 10.9. The van der Waals surface area contributed by atoms with Crippen molar-refractivity contribution in [3.8, 4) is 0 Å². The lowest BCUT2D eigenvalue weighted by atomic mass is 9.74. The summed E-state index contributed by atoms with van der Waals surface area (Å²) in [4.78, 5) is 0. The molecule has 2 heteroatoms. The summed E-state index contributed by atoms with van der Waals surface area (Å²) in [7, 11) is 0. The van der Waals surface area contributed by atoms with Crippen molar-refractivity contribution in [1.82, 2.24) is 0 Å². The molecule has 0 aliphatic heterocycles. The predicted molar refractivity (Wildman–Crippen MR) is 82.8 cm³/mol. The highest BCUT2D eigenvalue weighted by Gasteiger charge is 2.42. The molecule has 0 saturated heterocycles. The van der Waals surface area contributed by atoms with E-state index in [1.165, 1.54) is 5.56 Å². The molecular formula is C18H28O2. The summed E-state index contributed by atoms with van der Waals surface area (Å²) < 4.78 is 6.04. The standard InChI is InChI=1S/C18H28O2/c1-4-15-6-8-16(9-7-15)17(19)18(20-5-2)12-10-14(3)11-13-18/h6-9,14,17,19H,4-5,10-13H2,1-3H3. The third-order valence-electron chi connectivity index (χ3n) is 4.75. The molecule has 2 rings (SSSR count). The van der Waals surface area contributed by atoms with Gasteiger partial charge in [0, 0.05) is 6.61 Å². The second-order valence-electron chi connectivity index (χ2n) is 6.18. The van der Waals surface area contributed by atoms with E-state index in [0.29, 0.717) is 6.61 Å². The van der Waals surface area contributed by atoms with Gasteiger partial charge in [-0.15, -0.1) is 0 Å². The van der Waals surface area contributed by atoms with E-state index in [4.69, 9.17) is 4.74 Å². The van der Waals surface area contributed by atoms with E-state index in [-0.39, 0.29) is 5.60 Å². The third-order valence-corrected chi connectivity index (χ3v) is 4.75. The maximum Gasteiger partial charge on any atom is 0.108 e. The maximum absolute atomic E-state index is 10.9. The Morgan fingerprint density at radius 1 is 1.20 bits per heavy atom. The van der Waals surface area contributed by atoms with Crippen molar-refractivity contribution in [2.45, 2.75) is 64.6 Å². The van der Waals surface area contributed by atoms with E-state index in [1.54, 1.807) is 0 Å². The molecule has 0 heterocycles. The van der Waals surface area contributed by atoms with Crippen LogP contribution in [0.25, 0.3) is 0 Å². The molecule has 0 amide bonds. The molecule has 112 valence electrons. The van der Waals surface area contributed by atoms with Gasteiger partial charge in [0.1, 0.15) is 6.10 Å². The van der Waals surface area contributed by atoms with Crippen LogP contribution in [-0.2, 0) is 11.2 Å². The zero-order valence-electron chi connectivity index (χ0n) is 13.1. The van der Waals surface area contributed by atoms with E-state index >= 15 is 0 Å². The van der Waals surface area contributed by atoms with Crippen molar-refractivity contribution in [2.75, 3.05) is 6.61 Å². The Kier molecular flexibility index (Phi) is 5.22. The second-order valence-corrected chi connectivity index (χ2v) is 6.18. The molecule has 1 fully saturated rings. The first kappa shape index (κ1) is 15.5. The van der Waals surface area contributed by atoms with E-state index in [9.17, 15) is 5.11 Å². The van der Waals surface area contributed by atoms with Crippen molar-refractivity contribution in [3.05, 3.63) is 35.4 Å². The molecule has 0 spiro atoms. The normalized spacial score (nSPS) is 28.3. The molecule has 1 saturated carbocycles. The summed E-state index contributed by atoms with van der Waals surface area (Å²) in [6.45, 7) is 7.12. The fourth-order valence-electron chi connectivity index (χ4n) is 3.27. The largest absolute Gasteiger partial charge is 0.385 e. The molecular weight excluding hydrogens is 248 g/mol. The van der Waals surface area contributed by atoms with Gasteiger partial charge in [0.25, 0.3) is 0 Å². The number of hydrogen-bond acceptors (Lipinski definition) is 2. The van der Waals surface area contributed by atoms with Crippen LogP contribution in [0.1, 0.15) is 63.7 Å². The average molecular weight is 276 g/mol. The minimum absolute atomic E-state index is 0.380. The van der Waals surface area contributed by atoms with E-state index < -0.39 is 6.10 Å². The van der Waals surface area contributed by atoms with Crippen LogP contribution >= 0.6 is 0 Å². The highest BCUT2D eigenvalue weighted by atomic mass is 16.5. The lowest BCUT2D eigenvalue weighted by Gasteiger charge is -2.42. The van der Waals surface area contributed by atoms with Gasteiger partial charge in [0.2, 0.25) is 0 Å². The van der Waals surface area contributed by atoms with E-state index in [2.05, 4.69) is 38.1 Å². The van der Waals surface area contributed by atoms with Gasteiger partial charge in [-0.2, -0.15) is 0 Å². The molecule has 1 atom stereocenters. The summed E-state index contributed by atoms with van der Waals surface area (Å²) in [6, 6.07) is 8.35. The van der Waals surface area contributed by atoms with Gasteiger partial charge in [-0.05, 0) is 56.1 Å². The minimum atomic E-state index is -0.513. The Labute approximate surface area is 123 Å². The fourth-order valence-corrected chi connectivity index (χ4v) is 3.27. The highest BCUT2D eigenvalue weighted by molar-refractivity contribution is 5.26. The van der Waals surface area contributed by atoms with Crippen molar-refractivity contribution in [2.24, 2.45) is 5.92 Å². The Bertz CT molecular complexity index is 402. The zero-order chi connectivity index (χ0) is 14.6. The zero-order valence-corrected chi connectivity index (χ0v) is 13.1. The molecule has 1 unspecified atom stereocenters. The molecule has 0 aromatic heterocycles. The number of aliphatic hydroxyl groups is 1. The smallest absolute Gasteiger partial charge is 0.108 e. The summed E-state index contributed by atoms with van der Waals surface area (Å²) in [5.41, 5.74) is 1.92. The topological polar surface area (TPSA) is 29.5 Å². The van der Waals surface area contributed by atoms with Crippen molar-refractivity contribution < 1.29 is 9.84 Å². The molecule has 0 radical (unpaired) electrons. The average Bonchev–Trinajstić information content (AvgIpc) is 2.49. The second kappa shape index (κ2) is 6.73. The van der Waals surface area contributed by atoms with E-state index in [1.807, 2.05) is 6.92 Å². The van der Waals surface area contributed by atoms with Crippen molar-refractivity contribution in [3.63, 3.8) is 0 Å². The Balaban J connectivity index is 2.19. The monoisotopic (exact) mass is 276 g/mol. The summed E-state index contributed by atoms with van der Waals surface area (Å²) in [6.07, 6.45) is 4.72. The van der Waals surface area contributed by atoms with Crippen LogP contribution in [0.4, 0.5) is 0 Å². The Morgan fingerprint density at radius 2 is 1.80 bits per heavy atom. The molecule has 1 aliphatic carbocycles. The van der Waals surface area contributed by atoms with Gasteiger partial charge >= 0.3 is 0 Å². The SMILES string of the molecule is CCOC1(C(O)c2ccc(CC)cc2)CCC(C)CC1. The Hall–Kier alpha value is -0.860. The molecule has 1 N–H and O–H groups in total. The molecule has 1 aromatic carbocycles. The van der Waals surface area contributed by atoms with Crippen LogP contribution in [0.3, 0.4) is 0 Å². The van der Waals surface area contributed by atoms with Gasteiger partial charge in [-0.1, -0.05) is 38.1 Å². The van der Waals surface area contributed by atoms with Crippen LogP contribution in [0.5, 0.6) is 0 Å². The number of benzene rings is 1. The van der Waals surface area contributed by atoms with Crippen LogP contribution in [-0.4, -0.2) is 17.3 Å². The van der Waals surface area contributed by atoms with Crippen molar-refractivity contribution in [1.29, 1.82) is 0 Å². The third kappa shape index (κ3) is 3.24. The molecule has 1 aliphatic rings. The number of rotatable bonds is 5. The van der Waals surface area contributed by atoms with Crippen LogP contribution < -0.4 is 0 Å². The molecule has 1 aromatic rings. The predicted octanol–water partition coefficient (Wildman–Crippen LogP) is 4.27.